The van der Waals surface area contributed by atoms with Crippen LogP contribution < -0.4 is 10.2 Å². The molecular weight excluding hydrogens is 276 g/mol. The third-order valence-electron chi connectivity index (χ3n) is 5.13. The highest BCUT2D eigenvalue weighted by Crippen LogP contribution is 2.59. The van der Waals surface area contributed by atoms with Crippen LogP contribution in [-0.4, -0.2) is 23.7 Å². The molecule has 2 aliphatic rings. The predicted molar refractivity (Wildman–Crippen MR) is 86.2 cm³/mol. The van der Waals surface area contributed by atoms with Crippen LogP contribution in [0.4, 0.5) is 11.5 Å². The van der Waals surface area contributed by atoms with Crippen LogP contribution in [0.15, 0.2) is 16.7 Å². The summed E-state index contributed by atoms with van der Waals surface area (Å²) in [4.78, 5) is 7.30. The smallest absolute Gasteiger partial charge is 0.156 e. The fraction of sp³-hybridized carbons (Fsp3) is 0.529. The lowest BCUT2D eigenvalue weighted by molar-refractivity contribution is 0.376. The van der Waals surface area contributed by atoms with E-state index in [9.17, 15) is 0 Å². The standard InChI is InChI=1S/C17H22N4O/c1-9-5-14-16(19-17(9)18-4)15-11(3)13(15)8-21(14)7-12-6-10(2)20-22-12/h5-6,11,13,15H,7-8H2,1-4H3,(H,18,19). The molecule has 0 radical (unpaired) electrons. The molecule has 1 aliphatic heterocycles. The topological polar surface area (TPSA) is 54.2 Å². The number of rotatable bonds is 3. The minimum absolute atomic E-state index is 0.621. The molecule has 22 heavy (non-hydrogen) atoms. The van der Waals surface area contributed by atoms with Crippen molar-refractivity contribution in [2.45, 2.75) is 33.2 Å². The summed E-state index contributed by atoms with van der Waals surface area (Å²) in [6.07, 6.45) is 0. The van der Waals surface area contributed by atoms with E-state index in [1.807, 2.05) is 20.0 Å². The van der Waals surface area contributed by atoms with Crippen molar-refractivity contribution in [1.29, 1.82) is 0 Å². The highest BCUT2D eigenvalue weighted by Gasteiger charge is 2.53. The maximum absolute atomic E-state index is 5.41. The Labute approximate surface area is 130 Å². The molecule has 116 valence electrons. The normalized spacial score (nSPS) is 25.6. The second-order valence-electron chi connectivity index (χ2n) is 6.67. The molecule has 0 aromatic carbocycles. The van der Waals surface area contributed by atoms with Crippen molar-refractivity contribution < 1.29 is 4.52 Å². The Kier molecular flexibility index (Phi) is 2.93. The van der Waals surface area contributed by atoms with E-state index in [1.54, 1.807) is 0 Å². The third kappa shape index (κ3) is 1.99. The van der Waals surface area contributed by atoms with Gasteiger partial charge >= 0.3 is 0 Å². The molecule has 3 atom stereocenters. The van der Waals surface area contributed by atoms with Crippen LogP contribution in [0.3, 0.4) is 0 Å². The minimum atomic E-state index is 0.621. The number of hydrogen-bond donors (Lipinski definition) is 1. The summed E-state index contributed by atoms with van der Waals surface area (Å²) < 4.78 is 5.41. The second kappa shape index (κ2) is 4.73. The quantitative estimate of drug-likeness (QED) is 0.943. The summed E-state index contributed by atoms with van der Waals surface area (Å²) in [6.45, 7) is 8.25. The number of fused-ring (bicyclic) bond motifs is 3. The van der Waals surface area contributed by atoms with Gasteiger partial charge < -0.3 is 14.7 Å². The molecule has 4 rings (SSSR count). The van der Waals surface area contributed by atoms with Gasteiger partial charge in [0.1, 0.15) is 5.82 Å². The van der Waals surface area contributed by atoms with E-state index in [0.717, 1.165) is 42.2 Å². The van der Waals surface area contributed by atoms with Crippen molar-refractivity contribution in [2.75, 3.05) is 23.8 Å². The molecular formula is C17H22N4O. The maximum atomic E-state index is 5.41. The zero-order valence-electron chi connectivity index (χ0n) is 13.6. The van der Waals surface area contributed by atoms with Gasteiger partial charge in [-0.05, 0) is 37.3 Å². The molecule has 1 aliphatic carbocycles. The van der Waals surface area contributed by atoms with Crippen molar-refractivity contribution in [3.05, 3.63) is 34.8 Å². The van der Waals surface area contributed by atoms with Gasteiger partial charge in [0, 0.05) is 25.6 Å². The van der Waals surface area contributed by atoms with Crippen molar-refractivity contribution in [2.24, 2.45) is 11.8 Å². The van der Waals surface area contributed by atoms with Gasteiger partial charge in [0.2, 0.25) is 0 Å². The molecule has 0 bridgehead atoms. The van der Waals surface area contributed by atoms with Crippen molar-refractivity contribution >= 4 is 11.5 Å². The third-order valence-corrected chi connectivity index (χ3v) is 5.13. The van der Waals surface area contributed by atoms with E-state index in [0.29, 0.717) is 5.92 Å². The number of anilines is 2. The lowest BCUT2D eigenvalue weighted by Crippen LogP contribution is -2.30. The van der Waals surface area contributed by atoms with Crippen LogP contribution in [-0.2, 0) is 6.54 Å². The summed E-state index contributed by atoms with van der Waals surface area (Å²) in [5.74, 6) is 3.98. The van der Waals surface area contributed by atoms with Gasteiger partial charge in [-0.2, -0.15) is 0 Å². The molecule has 5 nitrogen and oxygen atoms in total. The minimum Gasteiger partial charge on any atom is -0.373 e. The maximum Gasteiger partial charge on any atom is 0.156 e. The van der Waals surface area contributed by atoms with Gasteiger partial charge in [-0.15, -0.1) is 0 Å². The van der Waals surface area contributed by atoms with Gasteiger partial charge in [0.05, 0.1) is 23.6 Å². The summed E-state index contributed by atoms with van der Waals surface area (Å²) in [6, 6.07) is 4.28. The van der Waals surface area contributed by atoms with E-state index in [4.69, 9.17) is 9.51 Å². The second-order valence-corrected chi connectivity index (χ2v) is 6.67. The van der Waals surface area contributed by atoms with E-state index in [-0.39, 0.29) is 0 Å². The Bertz CT molecular complexity index is 723. The van der Waals surface area contributed by atoms with Crippen LogP contribution in [0.1, 0.15) is 35.6 Å². The molecule has 0 saturated heterocycles. The van der Waals surface area contributed by atoms with E-state index < -0.39 is 0 Å². The summed E-state index contributed by atoms with van der Waals surface area (Å²) in [7, 11) is 1.94. The first-order chi connectivity index (χ1) is 10.6. The average Bonchev–Trinajstić information content (AvgIpc) is 2.95. The van der Waals surface area contributed by atoms with Gasteiger partial charge in [-0.3, -0.25) is 0 Å². The molecule has 2 aromatic rings. The Balaban J connectivity index is 1.72. The van der Waals surface area contributed by atoms with Crippen LogP contribution in [0.2, 0.25) is 0 Å². The van der Waals surface area contributed by atoms with Crippen molar-refractivity contribution in [3.8, 4) is 0 Å². The lowest BCUT2D eigenvalue weighted by Gasteiger charge is -2.30. The fourth-order valence-electron chi connectivity index (χ4n) is 3.82. The summed E-state index contributed by atoms with van der Waals surface area (Å²) in [5, 5.41) is 7.21. The highest BCUT2D eigenvalue weighted by atomic mass is 16.5. The SMILES string of the molecule is CNc1nc2c(cc1C)N(Cc1cc(C)no1)CC1C(C)C21. The monoisotopic (exact) mass is 298 g/mol. The molecule has 3 heterocycles. The molecule has 3 unspecified atom stereocenters. The number of aromatic nitrogens is 2. The molecule has 5 heteroatoms. The number of nitrogens with zero attached hydrogens (tertiary/aromatic N) is 3. The van der Waals surface area contributed by atoms with Gasteiger partial charge in [0.15, 0.2) is 5.76 Å². The lowest BCUT2D eigenvalue weighted by atomic mass is 10.0. The molecule has 0 amide bonds. The predicted octanol–water partition coefficient (Wildman–Crippen LogP) is 3.10. The summed E-state index contributed by atoms with van der Waals surface area (Å²) in [5.41, 5.74) is 4.63. The van der Waals surface area contributed by atoms with Crippen LogP contribution >= 0.6 is 0 Å². The number of hydrogen-bond acceptors (Lipinski definition) is 5. The zero-order valence-corrected chi connectivity index (χ0v) is 13.6. The highest BCUT2D eigenvalue weighted by molar-refractivity contribution is 5.63. The van der Waals surface area contributed by atoms with Crippen LogP contribution in [0, 0.1) is 25.7 Å². The van der Waals surface area contributed by atoms with E-state index in [2.05, 4.69) is 35.3 Å². The van der Waals surface area contributed by atoms with Gasteiger partial charge in [0.25, 0.3) is 0 Å². The number of pyridine rings is 1. The number of aryl methyl sites for hydroxylation is 2. The molecule has 0 spiro atoms. The Hall–Kier alpha value is -2.04. The first-order valence-corrected chi connectivity index (χ1v) is 7.95. The van der Waals surface area contributed by atoms with Crippen LogP contribution in [0.25, 0.3) is 0 Å². The van der Waals surface area contributed by atoms with Gasteiger partial charge in [-0.25, -0.2) is 4.98 Å². The first kappa shape index (κ1) is 13.6. The zero-order chi connectivity index (χ0) is 15.4. The molecule has 1 fully saturated rings. The molecule has 2 aromatic heterocycles. The van der Waals surface area contributed by atoms with Crippen molar-refractivity contribution in [3.63, 3.8) is 0 Å². The van der Waals surface area contributed by atoms with E-state index in [1.165, 1.54) is 16.9 Å². The largest absolute Gasteiger partial charge is 0.373 e. The Morgan fingerprint density at radius 3 is 2.86 bits per heavy atom. The summed E-state index contributed by atoms with van der Waals surface area (Å²) >= 11 is 0. The number of nitrogens with one attached hydrogen (secondary N) is 1. The average molecular weight is 298 g/mol. The van der Waals surface area contributed by atoms with Gasteiger partial charge in [-0.1, -0.05) is 12.1 Å². The van der Waals surface area contributed by atoms with E-state index >= 15 is 0 Å². The van der Waals surface area contributed by atoms with Crippen molar-refractivity contribution in [1.82, 2.24) is 10.1 Å². The Morgan fingerprint density at radius 1 is 1.36 bits per heavy atom. The van der Waals surface area contributed by atoms with Crippen LogP contribution in [0.5, 0.6) is 0 Å². The molecule has 1 saturated carbocycles. The fourth-order valence-corrected chi connectivity index (χ4v) is 3.82. The Morgan fingerprint density at radius 2 is 2.18 bits per heavy atom. The first-order valence-electron chi connectivity index (χ1n) is 7.95. The molecule has 1 N–H and O–H groups in total.